The van der Waals surface area contributed by atoms with Crippen molar-refractivity contribution < 1.29 is 14.3 Å². The highest BCUT2D eigenvalue weighted by Gasteiger charge is 2.17. The largest absolute Gasteiger partial charge is 0.497 e. The monoisotopic (exact) mass is 374 g/mol. The quantitative estimate of drug-likeness (QED) is 0.808. The zero-order chi connectivity index (χ0) is 19.1. The van der Waals surface area contributed by atoms with Gasteiger partial charge in [-0.2, -0.15) is 0 Å². The second-order valence-corrected chi connectivity index (χ2v) is 6.42. The number of amides is 2. The van der Waals surface area contributed by atoms with Crippen molar-refractivity contribution in [1.82, 2.24) is 5.32 Å². The third kappa shape index (κ3) is 5.49. The Morgan fingerprint density at radius 2 is 1.85 bits per heavy atom. The zero-order valence-electron chi connectivity index (χ0n) is 15.2. The minimum Gasteiger partial charge on any atom is -0.497 e. The summed E-state index contributed by atoms with van der Waals surface area (Å²) in [5.41, 5.74) is 2.63. The van der Waals surface area contributed by atoms with Crippen LogP contribution in [0.25, 0.3) is 0 Å². The maximum Gasteiger partial charge on any atom is 0.240 e. The minimum absolute atomic E-state index is 0.0274. The van der Waals surface area contributed by atoms with E-state index in [1.807, 2.05) is 31.2 Å². The van der Waals surface area contributed by atoms with Gasteiger partial charge in [-0.25, -0.2) is 0 Å². The van der Waals surface area contributed by atoms with E-state index in [2.05, 4.69) is 5.32 Å². The summed E-state index contributed by atoms with van der Waals surface area (Å²) in [4.78, 5) is 25.7. The van der Waals surface area contributed by atoms with Crippen LogP contribution in [0.4, 0.5) is 5.69 Å². The molecule has 5 nitrogen and oxygen atoms in total. The number of nitrogens with zero attached hydrogens (tertiary/aromatic N) is 1. The maximum atomic E-state index is 12.2. The number of methoxy groups -OCH3 is 1. The van der Waals surface area contributed by atoms with Crippen LogP contribution in [0, 0.1) is 6.92 Å². The van der Waals surface area contributed by atoms with Gasteiger partial charge in [0.25, 0.3) is 0 Å². The molecule has 2 rings (SSSR count). The Labute approximate surface area is 158 Å². The molecule has 2 amide bonds. The molecule has 0 aliphatic carbocycles. The maximum absolute atomic E-state index is 12.2. The van der Waals surface area contributed by atoms with E-state index in [1.165, 1.54) is 11.8 Å². The number of rotatable bonds is 7. The molecule has 0 aromatic heterocycles. The topological polar surface area (TPSA) is 58.6 Å². The van der Waals surface area contributed by atoms with Crippen LogP contribution in [0.1, 0.15) is 18.1 Å². The number of nitrogens with one attached hydrogen (secondary N) is 1. The highest BCUT2D eigenvalue weighted by molar-refractivity contribution is 6.30. The van der Waals surface area contributed by atoms with Gasteiger partial charge in [0.1, 0.15) is 12.3 Å². The summed E-state index contributed by atoms with van der Waals surface area (Å²) >= 11 is 5.96. The average molecular weight is 375 g/mol. The van der Waals surface area contributed by atoms with Gasteiger partial charge in [-0.1, -0.05) is 23.7 Å². The summed E-state index contributed by atoms with van der Waals surface area (Å²) in [6.07, 6.45) is 0.704. The molecular weight excluding hydrogens is 352 g/mol. The molecule has 2 aromatic carbocycles. The lowest BCUT2D eigenvalue weighted by molar-refractivity contribution is -0.123. The SMILES string of the molecule is COc1ccc(CCNC(=O)CN(C(C)=O)c2ccc(Cl)cc2C)cc1. The van der Waals surface area contributed by atoms with E-state index in [1.54, 1.807) is 25.3 Å². The Morgan fingerprint density at radius 1 is 1.15 bits per heavy atom. The van der Waals surface area contributed by atoms with Crippen LogP contribution in [-0.4, -0.2) is 32.0 Å². The second-order valence-electron chi connectivity index (χ2n) is 5.98. The summed E-state index contributed by atoms with van der Waals surface area (Å²) in [6.45, 7) is 3.77. The summed E-state index contributed by atoms with van der Waals surface area (Å²) in [6, 6.07) is 12.9. The highest BCUT2D eigenvalue weighted by atomic mass is 35.5. The predicted molar refractivity (Wildman–Crippen MR) is 104 cm³/mol. The molecular formula is C20H23ClN2O3. The van der Waals surface area contributed by atoms with E-state index in [0.717, 1.165) is 16.9 Å². The smallest absolute Gasteiger partial charge is 0.240 e. The van der Waals surface area contributed by atoms with Crippen LogP contribution >= 0.6 is 11.6 Å². The first kappa shape index (κ1) is 19.8. The number of aryl methyl sites for hydroxylation is 1. The normalized spacial score (nSPS) is 10.3. The van der Waals surface area contributed by atoms with Crippen LogP contribution < -0.4 is 15.0 Å². The highest BCUT2D eigenvalue weighted by Crippen LogP contribution is 2.23. The number of carbonyl (C=O) groups is 2. The fourth-order valence-corrected chi connectivity index (χ4v) is 2.85. The van der Waals surface area contributed by atoms with Gasteiger partial charge < -0.3 is 15.0 Å². The molecule has 26 heavy (non-hydrogen) atoms. The van der Waals surface area contributed by atoms with Gasteiger partial charge >= 0.3 is 0 Å². The number of halogens is 1. The Hall–Kier alpha value is -2.53. The Morgan fingerprint density at radius 3 is 2.42 bits per heavy atom. The second kappa shape index (κ2) is 9.25. The number of anilines is 1. The van der Waals surface area contributed by atoms with E-state index in [0.29, 0.717) is 23.7 Å². The fourth-order valence-electron chi connectivity index (χ4n) is 2.63. The Bertz CT molecular complexity index is 775. The predicted octanol–water partition coefficient (Wildman–Crippen LogP) is 3.37. The van der Waals surface area contributed by atoms with Crippen molar-refractivity contribution in [1.29, 1.82) is 0 Å². The van der Waals surface area contributed by atoms with E-state index >= 15 is 0 Å². The van der Waals surface area contributed by atoms with E-state index in [9.17, 15) is 9.59 Å². The van der Waals surface area contributed by atoms with Crippen LogP contribution in [0.15, 0.2) is 42.5 Å². The lowest BCUT2D eigenvalue weighted by Gasteiger charge is -2.22. The molecule has 0 spiro atoms. The number of hydrogen-bond donors (Lipinski definition) is 1. The van der Waals surface area contributed by atoms with Crippen molar-refractivity contribution in [2.75, 3.05) is 25.1 Å². The van der Waals surface area contributed by atoms with Crippen molar-refractivity contribution in [3.8, 4) is 5.75 Å². The molecule has 0 radical (unpaired) electrons. The van der Waals surface area contributed by atoms with Gasteiger partial charge in [0, 0.05) is 24.2 Å². The molecule has 2 aromatic rings. The third-order valence-electron chi connectivity index (χ3n) is 4.03. The molecule has 0 unspecified atom stereocenters. The van der Waals surface area contributed by atoms with Gasteiger partial charge in [0.2, 0.25) is 11.8 Å². The third-order valence-corrected chi connectivity index (χ3v) is 4.26. The molecule has 0 aliphatic rings. The first-order chi connectivity index (χ1) is 12.4. The summed E-state index contributed by atoms with van der Waals surface area (Å²) in [5, 5.41) is 3.45. The first-order valence-electron chi connectivity index (χ1n) is 8.34. The van der Waals surface area contributed by atoms with Gasteiger partial charge in [-0.15, -0.1) is 0 Å². The molecule has 1 N–H and O–H groups in total. The lowest BCUT2D eigenvalue weighted by Crippen LogP contribution is -2.40. The zero-order valence-corrected chi connectivity index (χ0v) is 16.0. The Balaban J connectivity index is 1.92. The van der Waals surface area contributed by atoms with E-state index in [4.69, 9.17) is 16.3 Å². The Kier molecular flexibility index (Phi) is 7.04. The van der Waals surface area contributed by atoms with Crippen molar-refractivity contribution in [3.63, 3.8) is 0 Å². The lowest BCUT2D eigenvalue weighted by atomic mass is 10.1. The summed E-state index contributed by atoms with van der Waals surface area (Å²) in [7, 11) is 1.62. The van der Waals surface area contributed by atoms with Gasteiger partial charge in [0.05, 0.1) is 7.11 Å². The average Bonchev–Trinajstić information content (AvgIpc) is 2.60. The van der Waals surface area contributed by atoms with Crippen molar-refractivity contribution in [3.05, 3.63) is 58.6 Å². The standard InChI is InChI=1S/C20H23ClN2O3/c1-14-12-17(21)6-9-19(14)23(15(2)24)13-20(25)22-11-10-16-4-7-18(26-3)8-5-16/h4-9,12H,10-11,13H2,1-3H3,(H,22,25). The first-order valence-corrected chi connectivity index (χ1v) is 8.72. The van der Waals surface area contributed by atoms with Crippen LogP contribution in [-0.2, 0) is 16.0 Å². The van der Waals surface area contributed by atoms with Gasteiger partial charge in [-0.3, -0.25) is 9.59 Å². The van der Waals surface area contributed by atoms with Crippen LogP contribution in [0.2, 0.25) is 5.02 Å². The summed E-state index contributed by atoms with van der Waals surface area (Å²) < 4.78 is 5.12. The van der Waals surface area contributed by atoms with E-state index in [-0.39, 0.29) is 18.4 Å². The molecule has 0 aliphatic heterocycles. The van der Waals surface area contributed by atoms with Crippen LogP contribution in [0.5, 0.6) is 5.75 Å². The van der Waals surface area contributed by atoms with E-state index < -0.39 is 0 Å². The molecule has 0 fully saturated rings. The number of hydrogen-bond acceptors (Lipinski definition) is 3. The van der Waals surface area contributed by atoms with Gasteiger partial charge in [-0.05, 0) is 54.8 Å². The van der Waals surface area contributed by atoms with Crippen molar-refractivity contribution >= 4 is 29.1 Å². The molecule has 0 bridgehead atoms. The molecule has 6 heteroatoms. The molecule has 0 saturated carbocycles. The van der Waals surface area contributed by atoms with Gasteiger partial charge in [0.15, 0.2) is 0 Å². The molecule has 138 valence electrons. The summed E-state index contributed by atoms with van der Waals surface area (Å²) in [5.74, 6) is 0.400. The van der Waals surface area contributed by atoms with Crippen LogP contribution in [0.3, 0.4) is 0 Å². The molecule has 0 heterocycles. The van der Waals surface area contributed by atoms with Crippen molar-refractivity contribution in [2.24, 2.45) is 0 Å². The van der Waals surface area contributed by atoms with Crippen molar-refractivity contribution in [2.45, 2.75) is 20.3 Å². The number of benzene rings is 2. The molecule has 0 atom stereocenters. The minimum atomic E-state index is -0.205. The fraction of sp³-hybridized carbons (Fsp3) is 0.300. The number of carbonyl (C=O) groups excluding carboxylic acids is 2. The molecule has 0 saturated heterocycles. The number of ether oxygens (including phenoxy) is 1.